The standard InChI is InChI=1S/C24H26FN9OS/c1-34-6-5-15-20(29-13-3-2-4-14(8-13)30-23(35)18-11-36-24(26)31-18)32-21(33-22(15)34)17-10-28-19-16(17)7-12(25)9-27-19/h5-7,9-11,13-14,20,29H,2-4,8H2,1H3,(H2,26,31)(H,27,28)(H,30,35)(H,32,33). The van der Waals surface area contributed by atoms with Crippen molar-refractivity contribution >= 4 is 45.1 Å². The maximum atomic E-state index is 13.9. The lowest BCUT2D eigenvalue weighted by Gasteiger charge is -2.33. The first kappa shape index (κ1) is 22.7. The van der Waals surface area contributed by atoms with Crippen molar-refractivity contribution in [2.24, 2.45) is 12.0 Å². The van der Waals surface area contributed by atoms with Crippen LogP contribution in [0.5, 0.6) is 0 Å². The van der Waals surface area contributed by atoms with Gasteiger partial charge in [-0.3, -0.25) is 10.1 Å². The van der Waals surface area contributed by atoms with E-state index in [4.69, 9.17) is 10.7 Å². The second kappa shape index (κ2) is 9.03. The van der Waals surface area contributed by atoms with E-state index in [1.54, 1.807) is 11.6 Å². The first-order valence-corrected chi connectivity index (χ1v) is 12.7. The van der Waals surface area contributed by atoms with Crippen LogP contribution in [0.1, 0.15) is 53.5 Å². The molecule has 4 aromatic heterocycles. The molecule has 1 saturated carbocycles. The van der Waals surface area contributed by atoms with Gasteiger partial charge in [0, 0.05) is 53.4 Å². The number of aromatic nitrogens is 4. The molecule has 36 heavy (non-hydrogen) atoms. The number of amidine groups is 1. The van der Waals surface area contributed by atoms with Crippen molar-refractivity contribution in [1.29, 1.82) is 0 Å². The van der Waals surface area contributed by atoms with Crippen LogP contribution in [0.4, 0.5) is 15.3 Å². The van der Waals surface area contributed by atoms with E-state index >= 15 is 0 Å². The molecule has 0 bridgehead atoms. The Morgan fingerprint density at radius 3 is 3.03 bits per heavy atom. The lowest BCUT2D eigenvalue weighted by atomic mass is 9.90. The van der Waals surface area contributed by atoms with Crippen LogP contribution in [0.25, 0.3) is 11.0 Å². The van der Waals surface area contributed by atoms with Crippen LogP contribution in [0.2, 0.25) is 0 Å². The van der Waals surface area contributed by atoms with Crippen molar-refractivity contribution in [3.05, 3.63) is 58.7 Å². The molecule has 1 aliphatic carbocycles. The van der Waals surface area contributed by atoms with E-state index in [1.807, 2.05) is 23.9 Å². The van der Waals surface area contributed by atoms with Crippen LogP contribution in [-0.4, -0.2) is 43.3 Å². The topological polar surface area (TPSA) is 138 Å². The summed E-state index contributed by atoms with van der Waals surface area (Å²) < 4.78 is 16.0. The summed E-state index contributed by atoms with van der Waals surface area (Å²) in [6.45, 7) is 0. The van der Waals surface area contributed by atoms with E-state index in [1.165, 1.54) is 23.6 Å². The van der Waals surface area contributed by atoms with Crippen molar-refractivity contribution in [3.63, 3.8) is 0 Å². The number of fused-ring (bicyclic) bond motifs is 2. The van der Waals surface area contributed by atoms with Gasteiger partial charge in [-0.25, -0.2) is 19.4 Å². The fraction of sp³-hybridized carbons (Fsp3) is 0.333. The third kappa shape index (κ3) is 4.22. The number of carbonyl (C=O) groups is 1. The van der Waals surface area contributed by atoms with Crippen molar-refractivity contribution in [2.45, 2.75) is 43.9 Å². The van der Waals surface area contributed by atoms with Crippen molar-refractivity contribution in [1.82, 2.24) is 30.2 Å². The fourth-order valence-corrected chi connectivity index (χ4v) is 5.60. The minimum Gasteiger partial charge on any atom is -0.375 e. The summed E-state index contributed by atoms with van der Waals surface area (Å²) in [6.07, 6.45) is 8.35. The Morgan fingerprint density at radius 2 is 2.19 bits per heavy atom. The molecule has 1 aliphatic heterocycles. The maximum Gasteiger partial charge on any atom is 0.271 e. The Hall–Kier alpha value is -3.77. The number of aliphatic imine (C=N–C) groups is 1. The first-order chi connectivity index (χ1) is 17.4. The minimum atomic E-state index is -0.398. The summed E-state index contributed by atoms with van der Waals surface area (Å²) in [5.74, 6) is 0.978. The molecular formula is C24H26FN9OS. The largest absolute Gasteiger partial charge is 0.375 e. The summed E-state index contributed by atoms with van der Waals surface area (Å²) in [5.41, 5.74) is 8.43. The maximum absolute atomic E-state index is 13.9. The average molecular weight is 508 g/mol. The lowest BCUT2D eigenvalue weighted by molar-refractivity contribution is 0.0918. The van der Waals surface area contributed by atoms with E-state index in [0.29, 0.717) is 27.7 Å². The summed E-state index contributed by atoms with van der Waals surface area (Å²) in [7, 11) is 1.97. The third-order valence-corrected chi connectivity index (χ3v) is 7.48. The van der Waals surface area contributed by atoms with Crippen molar-refractivity contribution in [3.8, 4) is 0 Å². The highest BCUT2D eigenvalue weighted by Crippen LogP contribution is 2.33. The average Bonchev–Trinajstić information content (AvgIpc) is 3.58. The van der Waals surface area contributed by atoms with Gasteiger partial charge in [0.05, 0.1) is 6.20 Å². The highest BCUT2D eigenvalue weighted by molar-refractivity contribution is 7.13. The number of thiazole rings is 1. The summed E-state index contributed by atoms with van der Waals surface area (Å²) >= 11 is 1.26. The molecule has 10 nitrogen and oxygen atoms in total. The van der Waals surface area contributed by atoms with Crippen LogP contribution >= 0.6 is 11.3 Å². The highest BCUT2D eigenvalue weighted by atomic mass is 32.1. The molecule has 5 heterocycles. The summed E-state index contributed by atoms with van der Waals surface area (Å²) in [5, 5.41) is 12.9. The van der Waals surface area contributed by atoms with E-state index in [0.717, 1.165) is 42.6 Å². The minimum absolute atomic E-state index is 0.0368. The first-order valence-electron chi connectivity index (χ1n) is 11.9. The van der Waals surface area contributed by atoms with Gasteiger partial charge in [0.1, 0.15) is 35.0 Å². The highest BCUT2D eigenvalue weighted by Gasteiger charge is 2.30. The van der Waals surface area contributed by atoms with Crippen LogP contribution in [0, 0.1) is 5.82 Å². The number of hydrogen-bond acceptors (Lipinski definition) is 8. The van der Waals surface area contributed by atoms with Gasteiger partial charge in [0.25, 0.3) is 5.91 Å². The van der Waals surface area contributed by atoms with Gasteiger partial charge < -0.3 is 25.9 Å². The number of rotatable bonds is 5. The van der Waals surface area contributed by atoms with Gasteiger partial charge in [-0.05, 0) is 37.8 Å². The molecule has 12 heteroatoms. The molecule has 2 aliphatic rings. The van der Waals surface area contributed by atoms with E-state index < -0.39 is 5.82 Å². The third-order valence-electron chi connectivity index (χ3n) is 6.80. The number of aromatic amines is 1. The second-order valence-corrected chi connectivity index (χ2v) is 10.1. The SMILES string of the molecule is Cn1ccc2c1NC(c1c[nH]c3ncc(F)cc13)=NC2NC1CCCC(NC(=O)c2csc(N)n2)C1. The molecule has 3 atom stereocenters. The Kier molecular flexibility index (Phi) is 5.69. The molecule has 4 aromatic rings. The number of amides is 1. The number of halogens is 1. The number of anilines is 2. The molecule has 0 saturated heterocycles. The van der Waals surface area contributed by atoms with Crippen LogP contribution < -0.4 is 21.7 Å². The van der Waals surface area contributed by atoms with Crippen molar-refractivity contribution < 1.29 is 9.18 Å². The molecule has 6 N–H and O–H groups in total. The number of nitrogen functional groups attached to an aromatic ring is 1. The van der Waals surface area contributed by atoms with Gasteiger partial charge in [-0.2, -0.15) is 0 Å². The molecule has 6 rings (SSSR count). The lowest BCUT2D eigenvalue weighted by Crippen LogP contribution is -2.45. The quantitative estimate of drug-likeness (QED) is 0.281. The predicted molar refractivity (Wildman–Crippen MR) is 138 cm³/mol. The van der Waals surface area contributed by atoms with Gasteiger partial charge in [-0.1, -0.05) is 0 Å². The number of H-pyrrole nitrogens is 1. The van der Waals surface area contributed by atoms with Gasteiger partial charge in [-0.15, -0.1) is 11.3 Å². The Labute approximate surface area is 210 Å². The zero-order valence-corrected chi connectivity index (χ0v) is 20.4. The van der Waals surface area contributed by atoms with Crippen LogP contribution in [0.3, 0.4) is 0 Å². The molecule has 1 fully saturated rings. The number of nitrogens with two attached hydrogens (primary N) is 1. The Bertz CT molecular complexity index is 1470. The Morgan fingerprint density at radius 1 is 1.33 bits per heavy atom. The molecular weight excluding hydrogens is 481 g/mol. The smallest absolute Gasteiger partial charge is 0.271 e. The normalized spacial score (nSPS) is 21.6. The Balaban J connectivity index is 1.23. The van der Waals surface area contributed by atoms with Gasteiger partial charge in [0.2, 0.25) is 0 Å². The van der Waals surface area contributed by atoms with Gasteiger partial charge >= 0.3 is 0 Å². The summed E-state index contributed by atoms with van der Waals surface area (Å²) in [6, 6.07) is 3.71. The van der Waals surface area contributed by atoms with Gasteiger partial charge in [0.15, 0.2) is 5.13 Å². The summed E-state index contributed by atoms with van der Waals surface area (Å²) in [4.78, 5) is 28.9. The second-order valence-electron chi connectivity index (χ2n) is 9.26. The molecule has 3 unspecified atom stereocenters. The molecule has 186 valence electrons. The number of pyridine rings is 1. The number of carbonyl (C=O) groups excluding carboxylic acids is 1. The zero-order chi connectivity index (χ0) is 24.8. The predicted octanol–water partition coefficient (Wildman–Crippen LogP) is 3.28. The number of nitrogens with zero attached hydrogens (tertiary/aromatic N) is 4. The number of hydrogen-bond donors (Lipinski definition) is 5. The fourth-order valence-electron chi connectivity index (χ4n) is 5.06. The molecule has 0 aromatic carbocycles. The van der Waals surface area contributed by atoms with E-state index in [9.17, 15) is 9.18 Å². The number of aryl methyl sites for hydroxylation is 1. The van der Waals surface area contributed by atoms with Crippen LogP contribution in [0.15, 0.2) is 41.1 Å². The van der Waals surface area contributed by atoms with Crippen LogP contribution in [-0.2, 0) is 7.05 Å². The van der Waals surface area contributed by atoms with E-state index in [-0.39, 0.29) is 24.2 Å². The molecule has 0 spiro atoms. The van der Waals surface area contributed by atoms with Crippen molar-refractivity contribution in [2.75, 3.05) is 11.1 Å². The number of nitrogens with one attached hydrogen (secondary N) is 4. The zero-order valence-electron chi connectivity index (χ0n) is 19.6. The monoisotopic (exact) mass is 507 g/mol. The molecule has 0 radical (unpaired) electrons. The molecule has 1 amide bonds. The van der Waals surface area contributed by atoms with E-state index in [2.05, 4.69) is 30.9 Å².